The summed E-state index contributed by atoms with van der Waals surface area (Å²) in [7, 11) is 0. The van der Waals surface area contributed by atoms with E-state index in [1.165, 1.54) is 30.7 Å². The summed E-state index contributed by atoms with van der Waals surface area (Å²) in [4.78, 5) is 2.45. The van der Waals surface area contributed by atoms with Gasteiger partial charge in [0, 0.05) is 49.8 Å². The van der Waals surface area contributed by atoms with Crippen molar-refractivity contribution in [2.24, 2.45) is 0 Å². The summed E-state index contributed by atoms with van der Waals surface area (Å²) >= 11 is 2.02. The highest BCUT2D eigenvalue weighted by molar-refractivity contribution is 7.99. The van der Waals surface area contributed by atoms with Gasteiger partial charge in [0.15, 0.2) is 11.5 Å². The first-order chi connectivity index (χ1) is 8.77. The van der Waals surface area contributed by atoms with Gasteiger partial charge in [0.2, 0.25) is 0 Å². The van der Waals surface area contributed by atoms with E-state index in [0.717, 1.165) is 18.7 Å². The predicted molar refractivity (Wildman–Crippen MR) is 75.2 cm³/mol. The van der Waals surface area contributed by atoms with Crippen LogP contribution < -0.4 is 5.32 Å². The van der Waals surface area contributed by atoms with Crippen LogP contribution in [0.4, 0.5) is 0 Å². The number of para-hydroxylation sites is 1. The minimum atomic E-state index is -0.0534. The molecule has 100 valence electrons. The molecule has 1 heterocycles. The standard InChI is InChI=1S/C13H20N2O2S/c16-12-3-1-2-11(13(12)17)10-14-4-5-15-6-8-18-9-7-15/h1-3,14,16-17H,4-10H2. The van der Waals surface area contributed by atoms with Gasteiger partial charge >= 0.3 is 0 Å². The molecule has 0 amide bonds. The van der Waals surface area contributed by atoms with Crippen molar-refractivity contribution in [3.05, 3.63) is 23.8 Å². The van der Waals surface area contributed by atoms with Crippen LogP contribution in [-0.2, 0) is 6.54 Å². The normalized spacial score (nSPS) is 16.9. The van der Waals surface area contributed by atoms with Crippen LogP contribution in [0.3, 0.4) is 0 Å². The number of aromatic hydroxyl groups is 2. The van der Waals surface area contributed by atoms with Crippen molar-refractivity contribution in [1.82, 2.24) is 10.2 Å². The molecule has 0 saturated carbocycles. The molecule has 1 aliphatic heterocycles. The topological polar surface area (TPSA) is 55.7 Å². The first-order valence-corrected chi connectivity index (χ1v) is 7.43. The van der Waals surface area contributed by atoms with Gasteiger partial charge in [0.25, 0.3) is 0 Å². The molecule has 0 aliphatic carbocycles. The number of rotatable bonds is 5. The molecule has 1 aliphatic rings. The average molecular weight is 268 g/mol. The number of nitrogens with zero attached hydrogens (tertiary/aromatic N) is 1. The second-order valence-corrected chi connectivity index (χ2v) is 5.64. The van der Waals surface area contributed by atoms with Gasteiger partial charge < -0.3 is 20.4 Å². The van der Waals surface area contributed by atoms with Gasteiger partial charge in [0.1, 0.15) is 0 Å². The Kier molecular flexibility index (Phi) is 5.16. The number of nitrogens with one attached hydrogen (secondary N) is 1. The number of hydrogen-bond acceptors (Lipinski definition) is 5. The van der Waals surface area contributed by atoms with Crippen LogP contribution in [-0.4, -0.2) is 52.8 Å². The van der Waals surface area contributed by atoms with E-state index >= 15 is 0 Å². The quantitative estimate of drug-likeness (QED) is 0.554. The van der Waals surface area contributed by atoms with E-state index in [1.807, 2.05) is 17.8 Å². The summed E-state index contributed by atoms with van der Waals surface area (Å²) < 4.78 is 0. The lowest BCUT2D eigenvalue weighted by atomic mass is 10.2. The highest BCUT2D eigenvalue weighted by Crippen LogP contribution is 2.27. The molecule has 18 heavy (non-hydrogen) atoms. The first-order valence-electron chi connectivity index (χ1n) is 6.28. The van der Waals surface area contributed by atoms with E-state index in [9.17, 15) is 10.2 Å². The van der Waals surface area contributed by atoms with Gasteiger partial charge in [0.05, 0.1) is 0 Å². The lowest BCUT2D eigenvalue weighted by Crippen LogP contribution is -2.37. The van der Waals surface area contributed by atoms with Gasteiger partial charge in [-0.25, -0.2) is 0 Å². The summed E-state index contributed by atoms with van der Waals surface area (Å²) in [5.41, 5.74) is 0.740. The molecule has 0 unspecified atom stereocenters. The van der Waals surface area contributed by atoms with E-state index in [1.54, 1.807) is 6.07 Å². The third-order valence-corrected chi connectivity index (χ3v) is 4.06. The lowest BCUT2D eigenvalue weighted by molar-refractivity contribution is 0.300. The lowest BCUT2D eigenvalue weighted by Gasteiger charge is -2.26. The Morgan fingerprint density at radius 3 is 2.78 bits per heavy atom. The second kappa shape index (κ2) is 6.87. The summed E-state index contributed by atoms with van der Waals surface area (Å²) in [5.74, 6) is 2.39. The Hall–Kier alpha value is -0.910. The molecule has 1 aromatic carbocycles. The van der Waals surface area contributed by atoms with E-state index < -0.39 is 0 Å². The largest absolute Gasteiger partial charge is 0.504 e. The Morgan fingerprint density at radius 2 is 2.00 bits per heavy atom. The van der Waals surface area contributed by atoms with Crippen molar-refractivity contribution in [3.8, 4) is 11.5 Å². The van der Waals surface area contributed by atoms with Crippen LogP contribution >= 0.6 is 11.8 Å². The van der Waals surface area contributed by atoms with Crippen molar-refractivity contribution in [1.29, 1.82) is 0 Å². The maximum absolute atomic E-state index is 9.64. The molecule has 3 N–H and O–H groups in total. The van der Waals surface area contributed by atoms with Crippen molar-refractivity contribution < 1.29 is 10.2 Å². The van der Waals surface area contributed by atoms with Crippen LogP contribution in [0.25, 0.3) is 0 Å². The molecule has 1 fully saturated rings. The van der Waals surface area contributed by atoms with E-state index in [0.29, 0.717) is 6.54 Å². The summed E-state index contributed by atoms with van der Waals surface area (Å²) in [6.07, 6.45) is 0. The van der Waals surface area contributed by atoms with E-state index in [-0.39, 0.29) is 11.5 Å². The fraction of sp³-hybridized carbons (Fsp3) is 0.538. The van der Waals surface area contributed by atoms with Gasteiger partial charge in [-0.1, -0.05) is 12.1 Å². The molecule has 1 aromatic rings. The van der Waals surface area contributed by atoms with Crippen molar-refractivity contribution in [2.45, 2.75) is 6.54 Å². The average Bonchev–Trinajstić information content (AvgIpc) is 2.40. The van der Waals surface area contributed by atoms with Crippen molar-refractivity contribution in [2.75, 3.05) is 37.7 Å². The molecule has 0 spiro atoms. The number of benzene rings is 1. The molecule has 0 aromatic heterocycles. The van der Waals surface area contributed by atoms with Crippen molar-refractivity contribution in [3.63, 3.8) is 0 Å². The zero-order chi connectivity index (χ0) is 12.8. The van der Waals surface area contributed by atoms with Crippen LogP contribution in [0, 0.1) is 0 Å². The minimum Gasteiger partial charge on any atom is -0.504 e. The minimum absolute atomic E-state index is 0.0145. The molecular weight excluding hydrogens is 248 g/mol. The van der Waals surface area contributed by atoms with Gasteiger partial charge in [-0.05, 0) is 6.07 Å². The molecule has 1 saturated heterocycles. The Labute approximate surface area is 112 Å². The highest BCUT2D eigenvalue weighted by Gasteiger charge is 2.09. The molecule has 0 atom stereocenters. The highest BCUT2D eigenvalue weighted by atomic mass is 32.2. The smallest absolute Gasteiger partial charge is 0.161 e. The Bertz CT molecular complexity index is 381. The molecule has 4 nitrogen and oxygen atoms in total. The molecule has 0 bridgehead atoms. The van der Waals surface area contributed by atoms with Crippen LogP contribution in [0.15, 0.2) is 18.2 Å². The third-order valence-electron chi connectivity index (χ3n) is 3.12. The fourth-order valence-corrected chi connectivity index (χ4v) is 2.98. The van der Waals surface area contributed by atoms with Gasteiger partial charge in [-0.3, -0.25) is 0 Å². The number of thioether (sulfide) groups is 1. The molecular formula is C13H20N2O2S. The third kappa shape index (κ3) is 3.80. The monoisotopic (exact) mass is 268 g/mol. The van der Waals surface area contributed by atoms with E-state index in [2.05, 4.69) is 10.2 Å². The number of hydrogen-bond donors (Lipinski definition) is 3. The number of phenolic OH excluding ortho intramolecular Hbond substituents is 2. The fourth-order valence-electron chi connectivity index (χ4n) is 2.01. The van der Waals surface area contributed by atoms with E-state index in [4.69, 9.17) is 0 Å². The maximum atomic E-state index is 9.64. The SMILES string of the molecule is Oc1cccc(CNCCN2CCSCC2)c1O. The van der Waals surface area contributed by atoms with Crippen LogP contribution in [0.2, 0.25) is 0 Å². The predicted octanol–water partition coefficient (Wildman–Crippen LogP) is 1.24. The Balaban J connectivity index is 1.70. The zero-order valence-electron chi connectivity index (χ0n) is 10.4. The second-order valence-electron chi connectivity index (χ2n) is 4.42. The van der Waals surface area contributed by atoms with Crippen LogP contribution in [0.5, 0.6) is 11.5 Å². The van der Waals surface area contributed by atoms with Gasteiger partial charge in [-0.2, -0.15) is 11.8 Å². The van der Waals surface area contributed by atoms with Crippen LogP contribution in [0.1, 0.15) is 5.56 Å². The first kappa shape index (κ1) is 13.5. The molecule has 5 heteroatoms. The summed E-state index contributed by atoms with van der Waals surface area (Å²) in [6, 6.07) is 5.05. The van der Waals surface area contributed by atoms with Gasteiger partial charge in [-0.15, -0.1) is 0 Å². The maximum Gasteiger partial charge on any atom is 0.161 e. The molecule has 2 rings (SSSR count). The number of phenols is 2. The Morgan fingerprint density at radius 1 is 1.22 bits per heavy atom. The molecule has 0 radical (unpaired) electrons. The zero-order valence-corrected chi connectivity index (χ0v) is 11.2. The summed E-state index contributed by atoms with van der Waals surface area (Å²) in [6.45, 7) is 4.87. The summed E-state index contributed by atoms with van der Waals surface area (Å²) in [5, 5.41) is 22.3. The van der Waals surface area contributed by atoms with Crippen molar-refractivity contribution >= 4 is 11.8 Å².